The van der Waals surface area contributed by atoms with E-state index in [1.807, 2.05) is 18.2 Å². The SMILES string of the molecule is CNC(=O)Oc1ccc2c(c1)[C@]1(C)CCN(C)[C@@H]1N2. The Labute approximate surface area is 112 Å². The molecule has 3 rings (SSSR count). The van der Waals surface area contributed by atoms with Crippen LogP contribution in [0.2, 0.25) is 0 Å². The molecule has 2 aliphatic heterocycles. The molecule has 102 valence electrons. The van der Waals surface area contributed by atoms with Gasteiger partial charge in [-0.3, -0.25) is 4.90 Å². The Kier molecular flexibility index (Phi) is 2.67. The fraction of sp³-hybridized carbons (Fsp3) is 0.500. The third-order valence-electron chi connectivity index (χ3n) is 4.34. The summed E-state index contributed by atoms with van der Waals surface area (Å²) in [5, 5.41) is 6.01. The van der Waals surface area contributed by atoms with E-state index in [4.69, 9.17) is 4.74 Å². The predicted molar refractivity (Wildman–Crippen MR) is 73.5 cm³/mol. The molecule has 0 radical (unpaired) electrons. The van der Waals surface area contributed by atoms with Gasteiger partial charge >= 0.3 is 6.09 Å². The second-order valence-corrected chi connectivity index (χ2v) is 5.54. The number of likely N-dealkylation sites (N-methyl/N-ethyl adjacent to an activating group) is 1. The number of hydrogen-bond acceptors (Lipinski definition) is 4. The lowest BCUT2D eigenvalue weighted by Gasteiger charge is -2.27. The molecule has 0 bridgehead atoms. The van der Waals surface area contributed by atoms with Crippen molar-refractivity contribution in [3.8, 4) is 5.75 Å². The highest BCUT2D eigenvalue weighted by Crippen LogP contribution is 2.48. The number of ether oxygens (including phenoxy) is 1. The van der Waals surface area contributed by atoms with Crippen LogP contribution in [0.1, 0.15) is 18.9 Å². The highest BCUT2D eigenvalue weighted by atomic mass is 16.5. The van der Waals surface area contributed by atoms with E-state index in [1.54, 1.807) is 7.05 Å². The molecule has 0 saturated carbocycles. The molecular formula is C14H19N3O2. The van der Waals surface area contributed by atoms with E-state index in [9.17, 15) is 4.79 Å². The molecule has 1 aromatic carbocycles. The molecule has 1 aromatic rings. The number of carbonyl (C=O) groups is 1. The van der Waals surface area contributed by atoms with Crippen LogP contribution in [0, 0.1) is 0 Å². The van der Waals surface area contributed by atoms with Crippen LogP contribution in [0.3, 0.4) is 0 Å². The fourth-order valence-electron chi connectivity index (χ4n) is 3.20. The Morgan fingerprint density at radius 2 is 2.37 bits per heavy atom. The van der Waals surface area contributed by atoms with Crippen molar-refractivity contribution < 1.29 is 9.53 Å². The summed E-state index contributed by atoms with van der Waals surface area (Å²) >= 11 is 0. The van der Waals surface area contributed by atoms with Crippen LogP contribution in [0.25, 0.3) is 0 Å². The van der Waals surface area contributed by atoms with Gasteiger partial charge in [0.1, 0.15) is 5.75 Å². The maximum Gasteiger partial charge on any atom is 0.412 e. The van der Waals surface area contributed by atoms with Gasteiger partial charge in [0.15, 0.2) is 0 Å². The minimum atomic E-state index is -0.434. The second-order valence-electron chi connectivity index (χ2n) is 5.54. The van der Waals surface area contributed by atoms with Crippen LogP contribution >= 0.6 is 0 Å². The van der Waals surface area contributed by atoms with Crippen LogP contribution < -0.4 is 15.4 Å². The van der Waals surface area contributed by atoms with Crippen LogP contribution in [0.4, 0.5) is 10.5 Å². The average molecular weight is 261 g/mol. The molecule has 2 atom stereocenters. The molecule has 0 aromatic heterocycles. The second kappa shape index (κ2) is 4.13. The predicted octanol–water partition coefficient (Wildman–Crippen LogP) is 1.75. The summed E-state index contributed by atoms with van der Waals surface area (Å²) in [5.41, 5.74) is 2.47. The van der Waals surface area contributed by atoms with E-state index in [-0.39, 0.29) is 5.41 Å². The normalized spacial score (nSPS) is 28.5. The number of fused-ring (bicyclic) bond motifs is 3. The number of nitrogens with one attached hydrogen (secondary N) is 2. The molecule has 0 aliphatic carbocycles. The molecule has 19 heavy (non-hydrogen) atoms. The van der Waals surface area contributed by atoms with Gasteiger partial charge < -0.3 is 15.4 Å². The summed E-state index contributed by atoms with van der Waals surface area (Å²) in [5.74, 6) is 0.594. The number of nitrogens with zero attached hydrogens (tertiary/aromatic N) is 1. The van der Waals surface area contributed by atoms with Crippen molar-refractivity contribution in [2.45, 2.75) is 24.9 Å². The lowest BCUT2D eigenvalue weighted by atomic mass is 9.81. The third kappa shape index (κ3) is 1.76. The van der Waals surface area contributed by atoms with Crippen LogP contribution in [0.15, 0.2) is 18.2 Å². The van der Waals surface area contributed by atoms with Crippen LogP contribution in [0.5, 0.6) is 5.75 Å². The summed E-state index contributed by atoms with van der Waals surface area (Å²) in [6, 6.07) is 5.80. The Bertz CT molecular complexity index is 531. The number of rotatable bonds is 1. The van der Waals surface area contributed by atoms with Gasteiger partial charge in [-0.25, -0.2) is 4.79 Å². The number of likely N-dealkylation sites (tertiary alicyclic amines) is 1. The summed E-state index contributed by atoms with van der Waals surface area (Å²) in [7, 11) is 3.69. The quantitative estimate of drug-likeness (QED) is 0.808. The smallest absolute Gasteiger partial charge is 0.410 e. The summed E-state index contributed by atoms with van der Waals surface area (Å²) < 4.78 is 5.22. The topological polar surface area (TPSA) is 53.6 Å². The summed E-state index contributed by atoms with van der Waals surface area (Å²) in [4.78, 5) is 13.6. The van der Waals surface area contributed by atoms with E-state index in [1.165, 1.54) is 5.56 Å². The first-order valence-corrected chi connectivity index (χ1v) is 6.55. The zero-order chi connectivity index (χ0) is 13.6. The first-order valence-electron chi connectivity index (χ1n) is 6.55. The molecule has 5 nitrogen and oxygen atoms in total. The van der Waals surface area contributed by atoms with E-state index in [0.29, 0.717) is 11.9 Å². The number of anilines is 1. The zero-order valence-corrected chi connectivity index (χ0v) is 11.5. The van der Waals surface area contributed by atoms with Gasteiger partial charge in [-0.1, -0.05) is 6.92 Å². The van der Waals surface area contributed by atoms with Crippen molar-refractivity contribution in [3.05, 3.63) is 23.8 Å². The van der Waals surface area contributed by atoms with Crippen molar-refractivity contribution in [2.75, 3.05) is 26.0 Å². The monoisotopic (exact) mass is 261 g/mol. The van der Waals surface area contributed by atoms with Crippen molar-refractivity contribution in [1.29, 1.82) is 0 Å². The largest absolute Gasteiger partial charge is 0.412 e. The van der Waals surface area contributed by atoms with Gasteiger partial charge in [0.2, 0.25) is 0 Å². The van der Waals surface area contributed by atoms with Gasteiger partial charge in [-0.2, -0.15) is 0 Å². The maximum absolute atomic E-state index is 11.3. The van der Waals surface area contributed by atoms with Gasteiger partial charge in [-0.05, 0) is 37.2 Å². The molecule has 0 unspecified atom stereocenters. The van der Waals surface area contributed by atoms with Crippen molar-refractivity contribution >= 4 is 11.8 Å². The molecule has 5 heteroatoms. The zero-order valence-electron chi connectivity index (χ0n) is 11.5. The van der Waals surface area contributed by atoms with Gasteiger partial charge in [0.25, 0.3) is 0 Å². The number of carbonyl (C=O) groups excluding carboxylic acids is 1. The first-order chi connectivity index (χ1) is 9.04. The minimum absolute atomic E-state index is 0.0894. The average Bonchev–Trinajstić information content (AvgIpc) is 2.84. The van der Waals surface area contributed by atoms with E-state index >= 15 is 0 Å². The standard InChI is InChI=1S/C14H19N3O2/c1-14-6-7-17(3)12(14)16-11-5-4-9(8-10(11)14)19-13(18)15-2/h4-5,8,12,16H,6-7H2,1-3H3,(H,15,18)/t12-,14-/m0/s1. The van der Waals surface area contributed by atoms with Crippen molar-refractivity contribution in [3.63, 3.8) is 0 Å². The number of hydrogen-bond donors (Lipinski definition) is 2. The maximum atomic E-state index is 11.3. The van der Waals surface area contributed by atoms with E-state index < -0.39 is 6.09 Å². The Morgan fingerprint density at radius 3 is 3.11 bits per heavy atom. The molecule has 2 N–H and O–H groups in total. The van der Waals surface area contributed by atoms with Crippen LogP contribution in [-0.2, 0) is 5.41 Å². The highest BCUT2D eigenvalue weighted by Gasteiger charge is 2.49. The third-order valence-corrected chi connectivity index (χ3v) is 4.34. The molecule has 1 fully saturated rings. The summed E-state index contributed by atoms with van der Waals surface area (Å²) in [6.07, 6.45) is 1.01. The van der Waals surface area contributed by atoms with E-state index in [2.05, 4.69) is 29.5 Å². The lowest BCUT2D eigenvalue weighted by molar-refractivity contribution is 0.203. The first kappa shape index (κ1) is 12.3. The molecule has 1 saturated heterocycles. The molecular weight excluding hydrogens is 242 g/mol. The molecule has 1 amide bonds. The highest BCUT2D eigenvalue weighted by molar-refractivity contribution is 5.71. The molecule has 0 spiro atoms. The van der Waals surface area contributed by atoms with Gasteiger partial charge in [0, 0.05) is 24.7 Å². The lowest BCUT2D eigenvalue weighted by Crippen LogP contribution is -2.39. The van der Waals surface area contributed by atoms with Gasteiger partial charge in [0.05, 0.1) is 6.17 Å². The Balaban J connectivity index is 1.94. The number of benzene rings is 1. The summed E-state index contributed by atoms with van der Waals surface area (Å²) in [6.45, 7) is 3.35. The van der Waals surface area contributed by atoms with Gasteiger partial charge in [-0.15, -0.1) is 0 Å². The molecule has 2 aliphatic rings. The van der Waals surface area contributed by atoms with Crippen molar-refractivity contribution in [2.24, 2.45) is 0 Å². The van der Waals surface area contributed by atoms with E-state index in [0.717, 1.165) is 18.7 Å². The fourth-order valence-corrected chi connectivity index (χ4v) is 3.20. The number of amides is 1. The minimum Gasteiger partial charge on any atom is -0.410 e. The molecule has 2 heterocycles. The van der Waals surface area contributed by atoms with Crippen molar-refractivity contribution in [1.82, 2.24) is 10.2 Å². The Hall–Kier alpha value is -1.75. The van der Waals surface area contributed by atoms with Crippen LogP contribution in [-0.4, -0.2) is 37.8 Å². The Morgan fingerprint density at radius 1 is 1.58 bits per heavy atom.